The van der Waals surface area contributed by atoms with E-state index in [9.17, 15) is 4.79 Å². The highest BCUT2D eigenvalue weighted by Gasteiger charge is 2.78. The first kappa shape index (κ1) is 21.7. The molecule has 0 bridgehead atoms. The Balaban J connectivity index is 1.15. The minimum Gasteiger partial charge on any atom is -0.497 e. The van der Waals surface area contributed by atoms with Crippen LogP contribution in [-0.4, -0.2) is 68.0 Å². The molecule has 0 aromatic heterocycles. The Kier molecular flexibility index (Phi) is 5.01. The van der Waals surface area contributed by atoms with Crippen LogP contribution in [0.15, 0.2) is 24.3 Å². The van der Waals surface area contributed by atoms with Crippen LogP contribution in [-0.2, 0) is 14.3 Å². The lowest BCUT2D eigenvalue weighted by Gasteiger charge is -2.49. The van der Waals surface area contributed by atoms with E-state index in [4.69, 9.17) is 14.2 Å². The van der Waals surface area contributed by atoms with Crippen LogP contribution < -0.4 is 9.64 Å². The van der Waals surface area contributed by atoms with Crippen LogP contribution in [0.5, 0.6) is 5.75 Å². The van der Waals surface area contributed by atoms with Gasteiger partial charge in [-0.1, -0.05) is 26.3 Å². The summed E-state index contributed by atoms with van der Waals surface area (Å²) in [6.07, 6.45) is 4.91. The van der Waals surface area contributed by atoms with E-state index in [1.807, 2.05) is 6.07 Å². The highest BCUT2D eigenvalue weighted by atomic mass is 16.6. The summed E-state index contributed by atoms with van der Waals surface area (Å²) in [5.41, 5.74) is 1.34. The van der Waals surface area contributed by atoms with Crippen LogP contribution in [0.3, 0.4) is 0 Å². The molecule has 8 unspecified atom stereocenters. The van der Waals surface area contributed by atoms with Crippen LogP contribution >= 0.6 is 0 Å². The molecule has 0 radical (unpaired) electrons. The van der Waals surface area contributed by atoms with Crippen molar-refractivity contribution < 1.29 is 19.0 Å². The fourth-order valence-corrected chi connectivity index (χ4v) is 8.09. The Bertz CT molecular complexity index is 938. The van der Waals surface area contributed by atoms with Gasteiger partial charge in [0.2, 0.25) is 0 Å². The molecule has 2 aliphatic carbocycles. The number of hydrogen-bond donors (Lipinski definition) is 0. The summed E-state index contributed by atoms with van der Waals surface area (Å²) in [4.78, 5) is 18.0. The fraction of sp³-hybridized carbons (Fsp3) is 0.741. The predicted molar refractivity (Wildman–Crippen MR) is 126 cm³/mol. The molecule has 1 aromatic rings. The van der Waals surface area contributed by atoms with E-state index in [1.165, 1.54) is 24.9 Å². The molecule has 2 saturated carbocycles. The molecule has 5 fully saturated rings. The number of piperazine rings is 1. The third-order valence-electron chi connectivity index (χ3n) is 9.75. The van der Waals surface area contributed by atoms with Gasteiger partial charge in [0, 0.05) is 55.3 Å². The van der Waals surface area contributed by atoms with Gasteiger partial charge in [-0.15, -0.1) is 0 Å². The molecule has 6 rings (SSSR count). The van der Waals surface area contributed by atoms with Crippen molar-refractivity contribution in [3.63, 3.8) is 0 Å². The van der Waals surface area contributed by atoms with Gasteiger partial charge in [-0.3, -0.25) is 9.69 Å². The van der Waals surface area contributed by atoms with Crippen LogP contribution in [0.4, 0.5) is 5.69 Å². The van der Waals surface area contributed by atoms with Crippen LogP contribution in [0.25, 0.3) is 0 Å². The number of nitrogens with zero attached hydrogens (tertiary/aromatic N) is 2. The molecule has 8 atom stereocenters. The number of carbonyl (C=O) groups excluding carboxylic acids is 1. The quantitative estimate of drug-likeness (QED) is 0.510. The zero-order valence-electron chi connectivity index (χ0n) is 20.5. The number of benzene rings is 1. The Labute approximate surface area is 197 Å². The van der Waals surface area contributed by atoms with Gasteiger partial charge < -0.3 is 19.1 Å². The highest BCUT2D eigenvalue weighted by Crippen LogP contribution is 2.70. The second-order valence-electron chi connectivity index (χ2n) is 11.6. The van der Waals surface area contributed by atoms with E-state index >= 15 is 0 Å². The zero-order valence-corrected chi connectivity index (χ0v) is 20.5. The monoisotopic (exact) mass is 454 g/mol. The summed E-state index contributed by atoms with van der Waals surface area (Å²) in [7, 11) is 1.71. The number of hydrogen-bond acceptors (Lipinski definition) is 6. The zero-order chi connectivity index (χ0) is 23.0. The topological polar surface area (TPSA) is 54.5 Å². The largest absolute Gasteiger partial charge is 0.497 e. The number of fused-ring (bicyclic) bond motifs is 2. The minimum atomic E-state index is -0.0615. The van der Waals surface area contributed by atoms with Crippen molar-refractivity contribution >= 4 is 11.7 Å². The summed E-state index contributed by atoms with van der Waals surface area (Å²) in [6, 6.07) is 8.68. The summed E-state index contributed by atoms with van der Waals surface area (Å²) >= 11 is 0. The molecule has 5 aliphatic rings. The third-order valence-corrected chi connectivity index (χ3v) is 9.75. The van der Waals surface area contributed by atoms with Gasteiger partial charge in [-0.05, 0) is 44.2 Å². The number of epoxide rings is 1. The second-order valence-corrected chi connectivity index (χ2v) is 11.6. The standard InChI is InChI=1S/C27H38N2O4/c1-17-7-6-10-26(3)14-22-23(24-27(17,26)33-24)21(25(30)32-22)16-28-11-12-29(18(2)15-28)19-8-5-9-20(13-19)31-4/h5,8-9,13,17-18,21-24H,6-7,10-12,14-16H2,1-4H3. The Morgan fingerprint density at radius 1 is 1.24 bits per heavy atom. The van der Waals surface area contributed by atoms with Crippen molar-refractivity contribution in [3.05, 3.63) is 24.3 Å². The molecule has 6 nitrogen and oxygen atoms in total. The summed E-state index contributed by atoms with van der Waals surface area (Å²) in [5, 5.41) is 0. The van der Waals surface area contributed by atoms with Crippen LogP contribution in [0.2, 0.25) is 0 Å². The van der Waals surface area contributed by atoms with Gasteiger partial charge in [0.1, 0.15) is 17.5 Å². The maximum absolute atomic E-state index is 13.1. The maximum Gasteiger partial charge on any atom is 0.311 e. The van der Waals surface area contributed by atoms with Crippen molar-refractivity contribution in [3.8, 4) is 5.75 Å². The second kappa shape index (κ2) is 7.61. The summed E-state index contributed by atoms with van der Waals surface area (Å²) in [6.45, 7) is 10.7. The van der Waals surface area contributed by atoms with E-state index in [0.717, 1.165) is 38.3 Å². The van der Waals surface area contributed by atoms with E-state index in [-0.39, 0.29) is 41.0 Å². The molecule has 0 N–H and O–H groups in total. The molecule has 3 saturated heterocycles. The molecule has 3 aliphatic heterocycles. The Morgan fingerprint density at radius 3 is 2.88 bits per heavy atom. The SMILES string of the molecule is COc1cccc(N2CCN(CC3C(=O)OC4CC5(C)CCCC(C)C56OC6C43)CC2C)c1. The average Bonchev–Trinajstić information content (AvgIpc) is 3.48. The lowest BCUT2D eigenvalue weighted by molar-refractivity contribution is -0.146. The first-order valence-corrected chi connectivity index (χ1v) is 12.9. The number of methoxy groups -OCH3 is 1. The van der Waals surface area contributed by atoms with E-state index < -0.39 is 0 Å². The van der Waals surface area contributed by atoms with Crippen molar-refractivity contribution in [2.45, 2.75) is 70.3 Å². The Hall–Kier alpha value is -1.79. The predicted octanol–water partition coefficient (Wildman–Crippen LogP) is 3.73. The van der Waals surface area contributed by atoms with Crippen LogP contribution in [0.1, 0.15) is 46.5 Å². The number of ether oxygens (including phenoxy) is 3. The fourth-order valence-electron chi connectivity index (χ4n) is 8.09. The molecule has 33 heavy (non-hydrogen) atoms. The maximum atomic E-state index is 13.1. The minimum absolute atomic E-state index is 0.00780. The van der Waals surface area contributed by atoms with Crippen molar-refractivity contribution in [2.75, 3.05) is 38.2 Å². The molecular formula is C27H38N2O4. The van der Waals surface area contributed by atoms with Gasteiger partial charge >= 0.3 is 5.97 Å². The van der Waals surface area contributed by atoms with Crippen molar-refractivity contribution in [1.82, 2.24) is 4.90 Å². The van der Waals surface area contributed by atoms with E-state index in [2.05, 4.69) is 48.8 Å². The smallest absolute Gasteiger partial charge is 0.311 e. The molecule has 3 heterocycles. The summed E-state index contributed by atoms with van der Waals surface area (Å²) in [5.74, 6) is 1.63. The molecular weight excluding hydrogens is 416 g/mol. The first-order valence-electron chi connectivity index (χ1n) is 12.9. The lowest BCUT2D eigenvalue weighted by atomic mass is 9.53. The number of anilines is 1. The third kappa shape index (κ3) is 3.16. The van der Waals surface area contributed by atoms with Gasteiger partial charge in [-0.25, -0.2) is 0 Å². The average molecular weight is 455 g/mol. The van der Waals surface area contributed by atoms with E-state index in [1.54, 1.807) is 7.11 Å². The lowest BCUT2D eigenvalue weighted by Crippen LogP contribution is -2.56. The van der Waals surface area contributed by atoms with Crippen molar-refractivity contribution in [1.29, 1.82) is 0 Å². The van der Waals surface area contributed by atoms with Crippen molar-refractivity contribution in [2.24, 2.45) is 23.2 Å². The molecule has 0 amide bonds. The van der Waals surface area contributed by atoms with Gasteiger partial charge in [0.05, 0.1) is 19.1 Å². The number of rotatable bonds is 4. The molecule has 1 spiro atoms. The highest BCUT2D eigenvalue weighted by molar-refractivity contribution is 5.76. The van der Waals surface area contributed by atoms with E-state index in [0.29, 0.717) is 12.0 Å². The summed E-state index contributed by atoms with van der Waals surface area (Å²) < 4.78 is 18.1. The first-order chi connectivity index (χ1) is 15.9. The molecule has 180 valence electrons. The number of carbonyl (C=O) groups is 1. The number of esters is 1. The normalized spacial score (nSPS) is 44.5. The molecule has 6 heteroatoms. The van der Waals surface area contributed by atoms with Gasteiger partial charge in [0.15, 0.2) is 0 Å². The van der Waals surface area contributed by atoms with Gasteiger partial charge in [0.25, 0.3) is 0 Å². The molecule has 1 aromatic carbocycles. The Morgan fingerprint density at radius 2 is 2.09 bits per heavy atom. The van der Waals surface area contributed by atoms with Gasteiger partial charge in [-0.2, -0.15) is 0 Å². The van der Waals surface area contributed by atoms with Crippen LogP contribution in [0, 0.1) is 23.2 Å².